The fraction of sp³-hybridized carbons (Fsp3) is 0.480. The van der Waals surface area contributed by atoms with Gasteiger partial charge in [0.15, 0.2) is 0 Å². The van der Waals surface area contributed by atoms with Gasteiger partial charge in [0.2, 0.25) is 0 Å². The second kappa shape index (κ2) is 10.6. The van der Waals surface area contributed by atoms with Crippen molar-refractivity contribution in [2.24, 2.45) is 0 Å². The summed E-state index contributed by atoms with van der Waals surface area (Å²) in [5, 5.41) is 3.24. The largest absolute Gasteiger partial charge is 0.378 e. The van der Waals surface area contributed by atoms with Gasteiger partial charge in [-0.05, 0) is 42.6 Å². The van der Waals surface area contributed by atoms with Crippen LogP contribution in [0.4, 0.5) is 10.5 Å². The molecule has 4 rings (SSSR count). The van der Waals surface area contributed by atoms with Crippen LogP contribution >= 0.6 is 0 Å². The van der Waals surface area contributed by atoms with Gasteiger partial charge < -0.3 is 19.9 Å². The summed E-state index contributed by atoms with van der Waals surface area (Å²) in [6.07, 6.45) is 2.16. The number of anilines is 1. The molecule has 2 saturated heterocycles. The zero-order chi connectivity index (χ0) is 21.5. The van der Waals surface area contributed by atoms with E-state index < -0.39 is 0 Å². The number of hydrogen-bond acceptors (Lipinski definition) is 4. The summed E-state index contributed by atoms with van der Waals surface area (Å²) in [5.74, 6) is 0. The smallest absolute Gasteiger partial charge is 0.317 e. The van der Waals surface area contributed by atoms with E-state index in [1.54, 1.807) is 4.90 Å². The van der Waals surface area contributed by atoms with Crippen LogP contribution < -0.4 is 10.2 Å². The number of benzene rings is 2. The molecule has 2 aliphatic rings. The first-order valence-electron chi connectivity index (χ1n) is 11.4. The zero-order valence-electron chi connectivity index (χ0n) is 18.5. The molecule has 2 heterocycles. The van der Waals surface area contributed by atoms with Crippen LogP contribution in [0, 0.1) is 0 Å². The first kappa shape index (κ1) is 21.7. The van der Waals surface area contributed by atoms with Crippen LogP contribution in [-0.2, 0) is 17.8 Å². The fourth-order valence-electron chi connectivity index (χ4n) is 4.42. The summed E-state index contributed by atoms with van der Waals surface area (Å²) < 4.78 is 5.43. The number of nitrogens with one attached hydrogen (secondary N) is 1. The van der Waals surface area contributed by atoms with E-state index >= 15 is 0 Å². The molecule has 6 nitrogen and oxygen atoms in total. The van der Waals surface area contributed by atoms with Crippen LogP contribution in [0.3, 0.4) is 0 Å². The number of likely N-dealkylation sites (tertiary alicyclic amines) is 1. The molecular weight excluding hydrogens is 388 g/mol. The SMILES string of the molecule is CN(Cc1ccc(N2CCOCC2)cc1)C(=O)NC1CCCN(Cc2ccccc2)C1. The highest BCUT2D eigenvalue weighted by Gasteiger charge is 2.22. The summed E-state index contributed by atoms with van der Waals surface area (Å²) in [6.45, 7) is 6.99. The molecule has 6 heteroatoms. The summed E-state index contributed by atoms with van der Waals surface area (Å²) in [6, 6.07) is 19.3. The van der Waals surface area contributed by atoms with E-state index in [1.165, 1.54) is 11.3 Å². The van der Waals surface area contributed by atoms with Crippen molar-refractivity contribution in [3.05, 3.63) is 65.7 Å². The quantitative estimate of drug-likeness (QED) is 0.776. The summed E-state index contributed by atoms with van der Waals surface area (Å²) in [5.41, 5.74) is 3.69. The molecular formula is C25H34N4O2. The second-order valence-electron chi connectivity index (χ2n) is 8.63. The molecule has 0 aliphatic carbocycles. The average molecular weight is 423 g/mol. The molecule has 1 N–H and O–H groups in total. The Morgan fingerprint density at radius 1 is 1.03 bits per heavy atom. The molecule has 2 amide bonds. The van der Waals surface area contributed by atoms with Crippen molar-refractivity contribution in [1.82, 2.24) is 15.1 Å². The number of morpholine rings is 1. The Labute approximate surface area is 185 Å². The summed E-state index contributed by atoms with van der Waals surface area (Å²) >= 11 is 0. The van der Waals surface area contributed by atoms with Crippen molar-refractivity contribution < 1.29 is 9.53 Å². The van der Waals surface area contributed by atoms with Gasteiger partial charge in [-0.15, -0.1) is 0 Å². The first-order valence-corrected chi connectivity index (χ1v) is 11.4. The van der Waals surface area contributed by atoms with Crippen LogP contribution in [0.1, 0.15) is 24.0 Å². The predicted molar refractivity (Wildman–Crippen MR) is 124 cm³/mol. The Morgan fingerprint density at radius 2 is 1.77 bits per heavy atom. The maximum absolute atomic E-state index is 12.8. The van der Waals surface area contributed by atoms with Crippen LogP contribution in [0.25, 0.3) is 0 Å². The number of urea groups is 1. The normalized spacial score (nSPS) is 19.8. The van der Waals surface area contributed by atoms with Crippen molar-refractivity contribution in [3.8, 4) is 0 Å². The molecule has 1 unspecified atom stereocenters. The number of rotatable bonds is 6. The Kier molecular flexibility index (Phi) is 7.43. The highest BCUT2D eigenvalue weighted by atomic mass is 16.5. The molecule has 2 aromatic carbocycles. The van der Waals surface area contributed by atoms with E-state index in [0.29, 0.717) is 6.54 Å². The number of piperidine rings is 1. The molecule has 0 spiro atoms. The predicted octanol–water partition coefficient (Wildman–Crippen LogP) is 3.33. The summed E-state index contributed by atoms with van der Waals surface area (Å²) in [4.78, 5) is 19.3. The maximum Gasteiger partial charge on any atom is 0.317 e. The van der Waals surface area contributed by atoms with E-state index in [9.17, 15) is 4.79 Å². The standard InChI is InChI=1S/C25H34N4O2/c1-27(18-22-9-11-24(12-10-22)29-14-16-31-17-15-29)25(30)26-23-8-5-13-28(20-23)19-21-6-3-2-4-7-21/h2-4,6-7,9-12,23H,5,8,13-20H2,1H3,(H,26,30). The average Bonchev–Trinajstić information content (AvgIpc) is 2.81. The van der Waals surface area contributed by atoms with Crippen LogP contribution in [0.2, 0.25) is 0 Å². The fourth-order valence-corrected chi connectivity index (χ4v) is 4.42. The first-order chi connectivity index (χ1) is 15.2. The lowest BCUT2D eigenvalue weighted by Gasteiger charge is -2.34. The molecule has 2 aromatic rings. The topological polar surface area (TPSA) is 48.1 Å². The minimum absolute atomic E-state index is 0.00353. The molecule has 1 atom stereocenters. The third-order valence-electron chi connectivity index (χ3n) is 6.16. The van der Waals surface area contributed by atoms with Gasteiger partial charge in [-0.1, -0.05) is 42.5 Å². The lowest BCUT2D eigenvalue weighted by molar-refractivity contribution is 0.122. The number of carbonyl (C=O) groups is 1. The second-order valence-corrected chi connectivity index (χ2v) is 8.63. The van der Waals surface area contributed by atoms with Gasteiger partial charge in [0, 0.05) is 51.5 Å². The van der Waals surface area contributed by atoms with Crippen LogP contribution in [0.15, 0.2) is 54.6 Å². The Bertz CT molecular complexity index is 821. The van der Waals surface area contributed by atoms with E-state index in [4.69, 9.17) is 4.74 Å². The third kappa shape index (κ3) is 6.21. The minimum Gasteiger partial charge on any atom is -0.378 e. The van der Waals surface area contributed by atoms with E-state index in [1.807, 2.05) is 7.05 Å². The lowest BCUT2D eigenvalue weighted by atomic mass is 10.0. The van der Waals surface area contributed by atoms with Gasteiger partial charge in [0.1, 0.15) is 0 Å². The monoisotopic (exact) mass is 422 g/mol. The van der Waals surface area contributed by atoms with Crippen molar-refractivity contribution >= 4 is 11.7 Å². The van der Waals surface area contributed by atoms with Gasteiger partial charge in [-0.2, -0.15) is 0 Å². The maximum atomic E-state index is 12.8. The Balaban J connectivity index is 1.25. The molecule has 31 heavy (non-hydrogen) atoms. The van der Waals surface area contributed by atoms with E-state index in [2.05, 4.69) is 69.7 Å². The molecule has 166 valence electrons. The number of ether oxygens (including phenoxy) is 1. The highest BCUT2D eigenvalue weighted by molar-refractivity contribution is 5.74. The third-order valence-corrected chi connectivity index (χ3v) is 6.16. The van der Waals surface area contributed by atoms with Gasteiger partial charge in [-0.25, -0.2) is 4.79 Å². The van der Waals surface area contributed by atoms with Crippen molar-refractivity contribution in [2.75, 3.05) is 51.3 Å². The summed E-state index contributed by atoms with van der Waals surface area (Å²) in [7, 11) is 1.87. The minimum atomic E-state index is 0.00353. The van der Waals surface area contributed by atoms with Crippen molar-refractivity contribution in [2.45, 2.75) is 32.0 Å². The van der Waals surface area contributed by atoms with Gasteiger partial charge >= 0.3 is 6.03 Å². The van der Waals surface area contributed by atoms with Crippen molar-refractivity contribution in [3.63, 3.8) is 0 Å². The van der Waals surface area contributed by atoms with Crippen LogP contribution in [0.5, 0.6) is 0 Å². The molecule has 2 fully saturated rings. The van der Waals surface area contributed by atoms with E-state index in [0.717, 1.165) is 64.3 Å². The number of carbonyl (C=O) groups excluding carboxylic acids is 1. The molecule has 2 aliphatic heterocycles. The Morgan fingerprint density at radius 3 is 2.52 bits per heavy atom. The lowest BCUT2D eigenvalue weighted by Crippen LogP contribution is -2.50. The van der Waals surface area contributed by atoms with Crippen LogP contribution in [-0.4, -0.2) is 68.3 Å². The number of nitrogens with zero attached hydrogens (tertiary/aromatic N) is 3. The van der Waals surface area contributed by atoms with Gasteiger partial charge in [-0.3, -0.25) is 4.90 Å². The van der Waals surface area contributed by atoms with Gasteiger partial charge in [0.05, 0.1) is 13.2 Å². The van der Waals surface area contributed by atoms with Crippen molar-refractivity contribution in [1.29, 1.82) is 0 Å². The molecule has 0 saturated carbocycles. The van der Waals surface area contributed by atoms with E-state index in [-0.39, 0.29) is 12.1 Å². The number of amides is 2. The highest BCUT2D eigenvalue weighted by Crippen LogP contribution is 2.18. The zero-order valence-corrected chi connectivity index (χ0v) is 18.5. The molecule has 0 bridgehead atoms. The van der Waals surface area contributed by atoms with Gasteiger partial charge in [0.25, 0.3) is 0 Å². The molecule has 0 radical (unpaired) electrons. The number of hydrogen-bond donors (Lipinski definition) is 1. The molecule has 0 aromatic heterocycles. The Hall–Kier alpha value is -2.57.